The number of aromatic amines is 2. The average Bonchev–Trinajstić information content (AvgIpc) is 1.88. The number of benzene rings is 4. The Hall–Kier alpha value is -9.42. The van der Waals surface area contributed by atoms with E-state index in [0.717, 1.165) is 21.9 Å². The average molecular weight is 1200 g/mol. The molecule has 4 amide bonds. The van der Waals surface area contributed by atoms with E-state index in [1.807, 2.05) is 64.1 Å². The lowest BCUT2D eigenvalue weighted by molar-refractivity contribution is -0.129. The zero-order chi connectivity index (χ0) is 62.9. The van der Waals surface area contributed by atoms with Crippen molar-refractivity contribution in [3.8, 4) is 11.5 Å². The number of nitrogens with one attached hydrogen (secondary N) is 6. The lowest BCUT2D eigenvalue weighted by Gasteiger charge is -2.30. The van der Waals surface area contributed by atoms with Crippen molar-refractivity contribution >= 4 is 45.8 Å². The third-order valence-electron chi connectivity index (χ3n) is 16.6. The molecule has 22 nitrogen and oxygen atoms in total. The monoisotopic (exact) mass is 1200 g/mol. The van der Waals surface area contributed by atoms with Gasteiger partial charge >= 0.3 is 0 Å². The molecule has 0 saturated carbocycles. The molecule has 4 aromatic carbocycles. The molecule has 10 rings (SSSR count). The Balaban J connectivity index is 0.808. The van der Waals surface area contributed by atoms with Gasteiger partial charge in [0.1, 0.15) is 59.8 Å². The molecule has 24 heteroatoms. The standard InChI is InChI=1S/C64H72F2N14O8/c1-35(67-9)57(81)69-53(61(85)77-33-63(5,6)55-51(77)27-43(59(83)71-55)23-39-11-17-45(65)18-12-39)37(3)79-29-47(73-75-79)31-87-49-21-15-41-16-22-50(26-42(41)25-49)88-32-48-30-80(76-74-48)38(4)54(70-58(82)36(2)68-10)62(86)78-34-64(7,8)56-52(78)28-44(60(84)72-56)24-40-13-19-46(66)20-14-40/h11-22,25-30,35-38,53-54,67-68H,23-24,31-34H2,1-10H3,(H,69,81)(H,70,82)(H,71,83)(H,72,84)/t35-,36-,37-,38-,53-,54-/m0/s1. The number of H-pyrrole nitrogens is 2. The second-order valence-electron chi connectivity index (χ2n) is 24.1. The zero-order valence-electron chi connectivity index (χ0n) is 50.7. The lowest BCUT2D eigenvalue weighted by atomic mass is 9.91. The Morgan fingerprint density at radius 3 is 1.33 bits per heavy atom. The van der Waals surface area contributed by atoms with Gasteiger partial charge in [-0.1, -0.05) is 74.5 Å². The molecule has 0 saturated heterocycles. The number of hydrogen-bond donors (Lipinski definition) is 6. The number of nitrogens with zero attached hydrogens (tertiary/aromatic N) is 8. The third kappa shape index (κ3) is 13.1. The topological polar surface area (TPSA) is 268 Å². The van der Waals surface area contributed by atoms with Gasteiger partial charge < -0.3 is 50.5 Å². The van der Waals surface area contributed by atoms with Crippen LogP contribution in [0.5, 0.6) is 11.5 Å². The van der Waals surface area contributed by atoms with Gasteiger partial charge in [-0.15, -0.1) is 10.2 Å². The van der Waals surface area contributed by atoms with Crippen LogP contribution in [0.1, 0.15) is 113 Å². The fraction of sp³-hybridized carbons (Fsp3) is 0.375. The smallest absolute Gasteiger partial charge is 0.251 e. The van der Waals surface area contributed by atoms with Crippen molar-refractivity contribution in [2.75, 3.05) is 37.0 Å². The molecule has 2 aliphatic heterocycles. The van der Waals surface area contributed by atoms with Crippen molar-refractivity contribution < 1.29 is 37.4 Å². The van der Waals surface area contributed by atoms with Crippen LogP contribution in [0, 0.1) is 11.6 Å². The minimum Gasteiger partial charge on any atom is -0.487 e. The van der Waals surface area contributed by atoms with E-state index >= 15 is 0 Å². The number of likely N-dealkylation sites (N-methyl/N-ethyl adjacent to an activating group) is 2. The molecule has 0 spiro atoms. The van der Waals surface area contributed by atoms with E-state index in [-0.39, 0.29) is 50.3 Å². The Kier molecular flexibility index (Phi) is 17.6. The first kappa shape index (κ1) is 61.7. The van der Waals surface area contributed by atoms with Gasteiger partial charge in [0, 0.05) is 59.3 Å². The van der Waals surface area contributed by atoms with Crippen molar-refractivity contribution in [3.05, 3.63) is 187 Å². The van der Waals surface area contributed by atoms with Crippen molar-refractivity contribution in [1.29, 1.82) is 0 Å². The summed E-state index contributed by atoms with van der Waals surface area (Å²) in [6, 6.07) is 21.3. The van der Waals surface area contributed by atoms with E-state index in [1.54, 1.807) is 100 Å². The molecule has 2 aliphatic rings. The number of aromatic nitrogens is 8. The fourth-order valence-corrected chi connectivity index (χ4v) is 11.1. The summed E-state index contributed by atoms with van der Waals surface area (Å²) in [6.07, 6.45) is 3.73. The van der Waals surface area contributed by atoms with Gasteiger partial charge in [-0.2, -0.15) is 0 Å². The van der Waals surface area contributed by atoms with Crippen LogP contribution in [-0.2, 0) is 56.1 Å². The highest BCUT2D eigenvalue weighted by molar-refractivity contribution is 6.03. The number of anilines is 2. The SMILES string of the molecule is CN[C@@H](C)C(=O)N[C@H](C(=O)N1CC(C)(C)c2[nH]c(=O)c(Cc3ccc(F)cc3)cc21)[C@H](C)n1cc(COc2ccc3ccc(OCc4cn([C@@H](C)[C@H](NC(=O)[C@H](C)NC)C(=O)N5CC(C)(C)c6[nH]c(=O)c(Cc7ccc(F)cc7)cc65)nn4)cc3c2)nn1. The summed E-state index contributed by atoms with van der Waals surface area (Å²) in [7, 11) is 3.29. The molecule has 8 aromatic rings. The van der Waals surface area contributed by atoms with Crippen molar-refractivity contribution in [2.24, 2.45) is 0 Å². The van der Waals surface area contributed by atoms with Gasteiger partial charge in [0.2, 0.25) is 11.8 Å². The molecule has 0 fully saturated rings. The minimum atomic E-state index is -1.13. The highest BCUT2D eigenvalue weighted by Gasteiger charge is 2.45. The van der Waals surface area contributed by atoms with Gasteiger partial charge in [-0.3, -0.25) is 28.8 Å². The molecule has 0 bridgehead atoms. The van der Waals surface area contributed by atoms with Crippen LogP contribution in [0.4, 0.5) is 20.2 Å². The maximum Gasteiger partial charge on any atom is 0.251 e. The molecule has 0 radical (unpaired) electrons. The first-order valence-electron chi connectivity index (χ1n) is 29.1. The normalized spacial score (nSPS) is 16.0. The summed E-state index contributed by atoms with van der Waals surface area (Å²) in [5.74, 6) is -1.40. The maximum atomic E-state index is 14.9. The van der Waals surface area contributed by atoms with Gasteiger partial charge in [0.15, 0.2) is 0 Å². The predicted octanol–water partition coefficient (Wildman–Crippen LogP) is 5.97. The molecule has 0 unspecified atom stereocenters. The first-order valence-corrected chi connectivity index (χ1v) is 29.1. The Bertz CT molecular complexity index is 3790. The molecular formula is C64H72F2N14O8. The minimum absolute atomic E-state index is 0.0107. The number of carbonyl (C=O) groups excluding carboxylic acids is 4. The predicted molar refractivity (Wildman–Crippen MR) is 326 cm³/mol. The molecule has 88 heavy (non-hydrogen) atoms. The highest BCUT2D eigenvalue weighted by Crippen LogP contribution is 2.41. The van der Waals surface area contributed by atoms with E-state index in [2.05, 4.69) is 51.9 Å². The first-order chi connectivity index (χ1) is 41.9. The molecule has 4 aromatic heterocycles. The van der Waals surface area contributed by atoms with E-state index in [0.29, 0.717) is 56.8 Å². The second-order valence-corrected chi connectivity index (χ2v) is 24.1. The molecular weight excluding hydrogens is 1130 g/mol. The van der Waals surface area contributed by atoms with Gasteiger partial charge in [0.05, 0.1) is 47.9 Å². The van der Waals surface area contributed by atoms with Crippen LogP contribution in [0.3, 0.4) is 0 Å². The van der Waals surface area contributed by atoms with Crippen molar-refractivity contribution in [3.63, 3.8) is 0 Å². The molecule has 6 heterocycles. The van der Waals surface area contributed by atoms with Crippen LogP contribution >= 0.6 is 0 Å². The summed E-state index contributed by atoms with van der Waals surface area (Å²) in [5.41, 5.74) is 3.40. The summed E-state index contributed by atoms with van der Waals surface area (Å²) in [6.45, 7) is 15.1. The fourth-order valence-electron chi connectivity index (χ4n) is 11.1. The van der Waals surface area contributed by atoms with Crippen LogP contribution in [0.25, 0.3) is 10.8 Å². The summed E-state index contributed by atoms with van der Waals surface area (Å²) in [5, 5.41) is 30.9. The molecule has 6 N–H and O–H groups in total. The zero-order valence-corrected chi connectivity index (χ0v) is 50.7. The Morgan fingerprint density at radius 1 is 0.568 bits per heavy atom. The lowest BCUT2D eigenvalue weighted by Crippen LogP contribution is -2.55. The molecule has 0 aliphatic carbocycles. The van der Waals surface area contributed by atoms with Gasteiger partial charge in [-0.25, -0.2) is 18.1 Å². The van der Waals surface area contributed by atoms with Gasteiger partial charge in [0.25, 0.3) is 22.9 Å². The Morgan fingerprint density at radius 2 is 0.955 bits per heavy atom. The van der Waals surface area contributed by atoms with E-state index in [9.17, 15) is 37.5 Å². The summed E-state index contributed by atoms with van der Waals surface area (Å²) in [4.78, 5) is 92.8. The number of pyridine rings is 2. The number of rotatable bonds is 22. The van der Waals surface area contributed by atoms with Crippen LogP contribution < -0.4 is 51.7 Å². The van der Waals surface area contributed by atoms with E-state index in [4.69, 9.17) is 9.47 Å². The number of fused-ring (bicyclic) bond motifs is 3. The maximum absolute atomic E-state index is 14.9. The Labute approximate surface area is 506 Å². The van der Waals surface area contributed by atoms with Crippen molar-refractivity contribution in [1.82, 2.24) is 61.2 Å². The largest absolute Gasteiger partial charge is 0.487 e. The number of halogens is 2. The highest BCUT2D eigenvalue weighted by atomic mass is 19.1. The van der Waals surface area contributed by atoms with Crippen LogP contribution in [-0.4, -0.2) is 115 Å². The number of carbonyl (C=O) groups is 4. The van der Waals surface area contributed by atoms with Crippen LogP contribution in [0.15, 0.2) is 119 Å². The molecule has 460 valence electrons. The molecule has 6 atom stereocenters. The van der Waals surface area contributed by atoms with Crippen molar-refractivity contribution in [2.45, 2.75) is 129 Å². The van der Waals surface area contributed by atoms with Crippen LogP contribution in [0.2, 0.25) is 0 Å². The quantitative estimate of drug-likeness (QED) is 0.0457. The summed E-state index contributed by atoms with van der Waals surface area (Å²) >= 11 is 0. The van der Waals surface area contributed by atoms with E-state index in [1.165, 1.54) is 33.6 Å². The number of hydrogen-bond acceptors (Lipinski definition) is 14. The third-order valence-corrected chi connectivity index (χ3v) is 16.6. The summed E-state index contributed by atoms with van der Waals surface area (Å²) < 4.78 is 43.0. The number of ether oxygens (including phenoxy) is 2. The van der Waals surface area contributed by atoms with E-state index < -0.39 is 82.3 Å². The second kappa shape index (κ2) is 25.1. The van der Waals surface area contributed by atoms with Gasteiger partial charge in [-0.05, 0) is 124 Å². The number of amides is 4.